The van der Waals surface area contributed by atoms with Gasteiger partial charge in [-0.15, -0.1) is 0 Å². The summed E-state index contributed by atoms with van der Waals surface area (Å²) >= 11 is 2.00. The van der Waals surface area contributed by atoms with E-state index in [1.165, 1.54) is 39.2 Å². The SMILES string of the molecule is CCCNC(CSC1CCCCC1)(C(=O)OC)C1CC1. The second kappa shape index (κ2) is 7.69. The molecule has 0 amide bonds. The minimum atomic E-state index is -0.424. The molecule has 0 spiro atoms. The normalized spacial score (nSPS) is 23.3. The Labute approximate surface area is 127 Å². The summed E-state index contributed by atoms with van der Waals surface area (Å²) in [5.74, 6) is 1.32. The molecule has 0 saturated heterocycles. The average Bonchev–Trinajstić information content (AvgIpc) is 3.33. The van der Waals surface area contributed by atoms with Crippen molar-refractivity contribution in [3.63, 3.8) is 0 Å². The van der Waals surface area contributed by atoms with Gasteiger partial charge in [0.25, 0.3) is 0 Å². The first-order valence-electron chi connectivity index (χ1n) is 8.18. The van der Waals surface area contributed by atoms with Crippen molar-refractivity contribution in [1.29, 1.82) is 0 Å². The second-order valence-electron chi connectivity index (χ2n) is 6.24. The molecule has 0 aromatic heterocycles. The van der Waals surface area contributed by atoms with Crippen LogP contribution in [0.4, 0.5) is 0 Å². The van der Waals surface area contributed by atoms with Gasteiger partial charge in [-0.2, -0.15) is 11.8 Å². The van der Waals surface area contributed by atoms with Gasteiger partial charge in [-0.25, -0.2) is 0 Å². The summed E-state index contributed by atoms with van der Waals surface area (Å²) in [7, 11) is 1.53. The number of esters is 1. The van der Waals surface area contributed by atoms with E-state index in [0.717, 1.165) is 36.8 Å². The Bertz CT molecular complexity index is 314. The molecule has 0 aliphatic heterocycles. The monoisotopic (exact) mass is 299 g/mol. The number of hydrogen-bond acceptors (Lipinski definition) is 4. The predicted molar refractivity (Wildman–Crippen MR) is 85.1 cm³/mol. The lowest BCUT2D eigenvalue weighted by Crippen LogP contribution is -2.57. The molecule has 2 saturated carbocycles. The lowest BCUT2D eigenvalue weighted by atomic mass is 9.95. The molecule has 0 bridgehead atoms. The molecule has 0 radical (unpaired) electrons. The molecular formula is C16H29NO2S. The summed E-state index contributed by atoms with van der Waals surface area (Å²) in [6, 6.07) is 0. The Morgan fingerprint density at radius 1 is 1.25 bits per heavy atom. The first-order valence-corrected chi connectivity index (χ1v) is 9.23. The van der Waals surface area contributed by atoms with Crippen molar-refractivity contribution < 1.29 is 9.53 Å². The Morgan fingerprint density at radius 2 is 1.95 bits per heavy atom. The molecule has 1 atom stereocenters. The molecule has 1 unspecified atom stereocenters. The highest BCUT2D eigenvalue weighted by Crippen LogP contribution is 2.43. The zero-order valence-electron chi connectivity index (χ0n) is 13.0. The number of carbonyl (C=O) groups excluding carboxylic acids is 1. The molecule has 3 nitrogen and oxygen atoms in total. The van der Waals surface area contributed by atoms with E-state index in [1.807, 2.05) is 11.8 Å². The van der Waals surface area contributed by atoms with Crippen molar-refractivity contribution in [3.05, 3.63) is 0 Å². The van der Waals surface area contributed by atoms with Crippen LogP contribution in [0.2, 0.25) is 0 Å². The molecule has 0 heterocycles. The number of nitrogens with one attached hydrogen (secondary N) is 1. The first kappa shape index (κ1) is 16.2. The van der Waals surface area contributed by atoms with Crippen LogP contribution in [0.1, 0.15) is 58.3 Å². The Hall–Kier alpha value is -0.220. The van der Waals surface area contributed by atoms with E-state index in [1.54, 1.807) is 0 Å². The minimum absolute atomic E-state index is 0.0447. The van der Waals surface area contributed by atoms with Crippen LogP contribution in [0, 0.1) is 5.92 Å². The van der Waals surface area contributed by atoms with Gasteiger partial charge in [0.05, 0.1) is 7.11 Å². The van der Waals surface area contributed by atoms with E-state index in [4.69, 9.17) is 4.74 Å². The topological polar surface area (TPSA) is 38.3 Å². The zero-order chi connectivity index (χ0) is 14.4. The van der Waals surface area contributed by atoms with Crippen molar-refractivity contribution in [2.45, 2.75) is 69.1 Å². The van der Waals surface area contributed by atoms with Crippen molar-refractivity contribution in [3.8, 4) is 0 Å². The van der Waals surface area contributed by atoms with Crippen molar-refractivity contribution in [1.82, 2.24) is 5.32 Å². The number of methoxy groups -OCH3 is 1. The molecule has 0 aromatic rings. The maximum atomic E-state index is 12.4. The van der Waals surface area contributed by atoms with Crippen LogP contribution in [0.15, 0.2) is 0 Å². The van der Waals surface area contributed by atoms with Gasteiger partial charge in [-0.05, 0) is 44.6 Å². The molecule has 1 N–H and O–H groups in total. The maximum Gasteiger partial charge on any atom is 0.327 e. The summed E-state index contributed by atoms with van der Waals surface area (Å²) in [5.41, 5.74) is -0.424. The van der Waals surface area contributed by atoms with E-state index in [2.05, 4.69) is 12.2 Å². The summed E-state index contributed by atoms with van der Waals surface area (Å²) < 4.78 is 5.14. The number of hydrogen-bond donors (Lipinski definition) is 1. The lowest BCUT2D eigenvalue weighted by molar-refractivity contribution is -0.148. The molecule has 4 heteroatoms. The summed E-state index contributed by atoms with van der Waals surface area (Å²) in [6.07, 6.45) is 10.1. The number of carbonyl (C=O) groups is 1. The molecule has 2 rings (SSSR count). The second-order valence-corrected chi connectivity index (χ2v) is 7.52. The minimum Gasteiger partial charge on any atom is -0.468 e. The van der Waals surface area contributed by atoms with Gasteiger partial charge in [-0.3, -0.25) is 4.79 Å². The van der Waals surface area contributed by atoms with Crippen LogP contribution >= 0.6 is 11.8 Å². The van der Waals surface area contributed by atoms with E-state index in [0.29, 0.717) is 5.92 Å². The summed E-state index contributed by atoms with van der Waals surface area (Å²) in [5, 5.41) is 4.29. The van der Waals surface area contributed by atoms with Gasteiger partial charge in [0.15, 0.2) is 0 Å². The van der Waals surface area contributed by atoms with Crippen LogP contribution in [-0.4, -0.2) is 36.2 Å². The average molecular weight is 299 g/mol. The van der Waals surface area contributed by atoms with Gasteiger partial charge in [-0.1, -0.05) is 26.2 Å². The molecular weight excluding hydrogens is 270 g/mol. The third-order valence-electron chi connectivity index (χ3n) is 4.61. The number of rotatable bonds is 8. The third kappa shape index (κ3) is 3.91. The van der Waals surface area contributed by atoms with Crippen molar-refractivity contribution in [2.24, 2.45) is 5.92 Å². The molecule has 2 fully saturated rings. The molecule has 2 aliphatic rings. The van der Waals surface area contributed by atoms with Gasteiger partial charge in [0.2, 0.25) is 0 Å². The van der Waals surface area contributed by atoms with Gasteiger partial charge in [0.1, 0.15) is 5.54 Å². The third-order valence-corrected chi connectivity index (χ3v) is 6.18. The van der Waals surface area contributed by atoms with E-state index < -0.39 is 5.54 Å². The van der Waals surface area contributed by atoms with Crippen molar-refractivity contribution >= 4 is 17.7 Å². The summed E-state index contributed by atoms with van der Waals surface area (Å²) in [4.78, 5) is 12.4. The van der Waals surface area contributed by atoms with E-state index in [9.17, 15) is 4.79 Å². The fraction of sp³-hybridized carbons (Fsp3) is 0.938. The molecule has 2 aliphatic carbocycles. The van der Waals surface area contributed by atoms with Gasteiger partial charge in [0, 0.05) is 11.0 Å². The van der Waals surface area contributed by atoms with E-state index >= 15 is 0 Å². The highest BCUT2D eigenvalue weighted by molar-refractivity contribution is 8.00. The first-order chi connectivity index (χ1) is 9.73. The predicted octanol–water partition coefficient (Wildman–Crippen LogP) is 3.37. The standard InChI is InChI=1S/C16H29NO2S/c1-3-11-17-16(13-9-10-13,15(18)19-2)12-20-14-7-5-4-6-8-14/h13-14,17H,3-12H2,1-2H3. The van der Waals surface area contributed by atoms with Crippen LogP contribution in [-0.2, 0) is 9.53 Å². The Kier molecular flexibility index (Phi) is 6.21. The number of ether oxygens (including phenoxy) is 1. The van der Waals surface area contributed by atoms with Crippen LogP contribution in [0.5, 0.6) is 0 Å². The van der Waals surface area contributed by atoms with Crippen LogP contribution < -0.4 is 5.32 Å². The highest BCUT2D eigenvalue weighted by atomic mass is 32.2. The Balaban J connectivity index is 1.98. The van der Waals surface area contributed by atoms with Crippen molar-refractivity contribution in [2.75, 3.05) is 19.4 Å². The zero-order valence-corrected chi connectivity index (χ0v) is 13.8. The van der Waals surface area contributed by atoms with Gasteiger partial charge < -0.3 is 10.1 Å². The van der Waals surface area contributed by atoms with E-state index in [-0.39, 0.29) is 5.97 Å². The maximum absolute atomic E-state index is 12.4. The largest absolute Gasteiger partial charge is 0.468 e. The molecule has 0 aromatic carbocycles. The fourth-order valence-electron chi connectivity index (χ4n) is 3.20. The fourth-order valence-corrected chi connectivity index (χ4v) is 4.82. The van der Waals surface area contributed by atoms with Crippen LogP contribution in [0.25, 0.3) is 0 Å². The smallest absolute Gasteiger partial charge is 0.327 e. The quantitative estimate of drug-likeness (QED) is 0.697. The summed E-state index contributed by atoms with van der Waals surface area (Å²) in [6.45, 7) is 3.05. The molecule has 116 valence electrons. The van der Waals surface area contributed by atoms with Gasteiger partial charge >= 0.3 is 5.97 Å². The molecule has 20 heavy (non-hydrogen) atoms. The highest BCUT2D eigenvalue weighted by Gasteiger charge is 2.51. The van der Waals surface area contributed by atoms with Crippen LogP contribution in [0.3, 0.4) is 0 Å². The lowest BCUT2D eigenvalue weighted by Gasteiger charge is -2.34. The number of thioether (sulfide) groups is 1. The Morgan fingerprint density at radius 3 is 2.50 bits per heavy atom.